The third kappa shape index (κ3) is 1.89. The van der Waals surface area contributed by atoms with Crippen molar-refractivity contribution in [1.29, 1.82) is 0 Å². The minimum absolute atomic E-state index is 0.166. The third-order valence-electron chi connectivity index (χ3n) is 2.50. The van der Waals surface area contributed by atoms with E-state index in [0.29, 0.717) is 12.1 Å². The molecule has 0 amide bonds. The number of carboxylic acids is 1. The van der Waals surface area contributed by atoms with E-state index in [-0.39, 0.29) is 16.1 Å². The summed E-state index contributed by atoms with van der Waals surface area (Å²) in [7, 11) is 0. The van der Waals surface area contributed by atoms with Crippen molar-refractivity contribution in [1.82, 2.24) is 9.55 Å². The number of aromatic carboxylic acids is 1. The summed E-state index contributed by atoms with van der Waals surface area (Å²) in [6, 6.07) is 1.39. The van der Waals surface area contributed by atoms with Crippen molar-refractivity contribution >= 4 is 28.5 Å². The van der Waals surface area contributed by atoms with E-state index >= 15 is 0 Å². The Labute approximate surface area is 101 Å². The molecule has 0 saturated heterocycles. The molecule has 0 spiro atoms. The molecule has 2 aromatic rings. The Morgan fingerprint density at radius 3 is 2.88 bits per heavy atom. The molecule has 0 aliphatic heterocycles. The summed E-state index contributed by atoms with van der Waals surface area (Å²) in [5, 5.41) is 9.39. The molecule has 2 rings (SSSR count). The molecule has 1 N–H and O–H groups in total. The zero-order valence-electron chi connectivity index (χ0n) is 8.98. The van der Waals surface area contributed by atoms with Crippen molar-refractivity contribution < 1.29 is 9.90 Å². The van der Waals surface area contributed by atoms with Gasteiger partial charge in [-0.3, -0.25) is 4.79 Å². The van der Waals surface area contributed by atoms with E-state index < -0.39 is 11.4 Å². The predicted molar refractivity (Wildman–Crippen MR) is 63.6 cm³/mol. The average molecular weight is 253 g/mol. The minimum atomic E-state index is -1.24. The van der Waals surface area contributed by atoms with Gasteiger partial charge in [-0.25, -0.2) is 9.78 Å². The largest absolute Gasteiger partial charge is 0.477 e. The normalized spacial score (nSPS) is 10.7. The van der Waals surface area contributed by atoms with Crippen molar-refractivity contribution in [3.63, 3.8) is 0 Å². The summed E-state index contributed by atoms with van der Waals surface area (Å²) in [5.41, 5.74) is -0.227. The number of aryl methyl sites for hydroxylation is 1. The Hall–Kier alpha value is -1.88. The van der Waals surface area contributed by atoms with E-state index in [2.05, 4.69) is 4.98 Å². The van der Waals surface area contributed by atoms with Gasteiger partial charge in [-0.15, -0.1) is 0 Å². The number of fused-ring (bicyclic) bond motifs is 1. The Morgan fingerprint density at radius 2 is 2.29 bits per heavy atom. The first kappa shape index (κ1) is 11.6. The lowest BCUT2D eigenvalue weighted by molar-refractivity contribution is 0.0695. The van der Waals surface area contributed by atoms with Crippen LogP contribution in [-0.2, 0) is 6.54 Å². The fourth-order valence-corrected chi connectivity index (χ4v) is 1.83. The summed E-state index contributed by atoms with van der Waals surface area (Å²) >= 11 is 5.71. The molecule has 0 atom stereocenters. The molecule has 0 fully saturated rings. The highest BCUT2D eigenvalue weighted by Crippen LogP contribution is 2.15. The minimum Gasteiger partial charge on any atom is -0.477 e. The van der Waals surface area contributed by atoms with Crippen LogP contribution in [0.2, 0.25) is 5.15 Å². The Morgan fingerprint density at radius 1 is 1.59 bits per heavy atom. The number of pyridine rings is 2. The summed E-state index contributed by atoms with van der Waals surface area (Å²) in [6.45, 7) is 2.39. The third-order valence-corrected chi connectivity index (χ3v) is 2.71. The number of hydrogen-bond donors (Lipinski definition) is 1. The molecule has 88 valence electrons. The number of hydrogen-bond acceptors (Lipinski definition) is 3. The summed E-state index contributed by atoms with van der Waals surface area (Å²) in [5.74, 6) is -1.24. The Bertz CT molecular complexity index is 664. The van der Waals surface area contributed by atoms with Crippen LogP contribution in [0.3, 0.4) is 0 Å². The van der Waals surface area contributed by atoms with Crippen LogP contribution >= 0.6 is 11.6 Å². The molecular weight excluding hydrogens is 244 g/mol. The Balaban J connectivity index is 2.96. The maximum Gasteiger partial charge on any atom is 0.341 e. The van der Waals surface area contributed by atoms with E-state index in [9.17, 15) is 9.59 Å². The van der Waals surface area contributed by atoms with E-state index in [0.717, 1.165) is 0 Å². The molecule has 0 aliphatic carbocycles. The van der Waals surface area contributed by atoms with Crippen molar-refractivity contribution in [3.8, 4) is 0 Å². The molecule has 5 nitrogen and oxygen atoms in total. The molecule has 0 radical (unpaired) electrons. The SMILES string of the molecule is CCn1cc(C(=O)O)c(=O)c2cc(Cl)ncc21. The number of rotatable bonds is 2. The lowest BCUT2D eigenvalue weighted by Gasteiger charge is -2.09. The Kier molecular flexibility index (Phi) is 2.85. The zero-order chi connectivity index (χ0) is 12.6. The smallest absolute Gasteiger partial charge is 0.341 e. The molecule has 0 aromatic carbocycles. The molecule has 0 bridgehead atoms. The van der Waals surface area contributed by atoms with Gasteiger partial charge in [-0.2, -0.15) is 0 Å². The quantitative estimate of drug-likeness (QED) is 0.827. The van der Waals surface area contributed by atoms with Crippen LogP contribution in [0.1, 0.15) is 17.3 Å². The number of halogens is 1. The van der Waals surface area contributed by atoms with Crippen LogP contribution in [0, 0.1) is 0 Å². The monoisotopic (exact) mass is 252 g/mol. The second-order valence-corrected chi connectivity index (χ2v) is 3.87. The highest BCUT2D eigenvalue weighted by molar-refractivity contribution is 6.30. The maximum atomic E-state index is 11.9. The standard InChI is InChI=1S/C11H9ClN2O3/c1-2-14-5-7(11(16)17)10(15)6-3-9(12)13-4-8(6)14/h3-5H,2H2,1H3,(H,16,17). The molecule has 17 heavy (non-hydrogen) atoms. The van der Waals surface area contributed by atoms with Crippen LogP contribution in [-0.4, -0.2) is 20.6 Å². The highest BCUT2D eigenvalue weighted by atomic mass is 35.5. The first-order valence-electron chi connectivity index (χ1n) is 4.96. The highest BCUT2D eigenvalue weighted by Gasteiger charge is 2.14. The molecule has 0 saturated carbocycles. The van der Waals surface area contributed by atoms with Gasteiger partial charge in [0.15, 0.2) is 0 Å². The van der Waals surface area contributed by atoms with E-state index in [1.165, 1.54) is 18.5 Å². The van der Waals surface area contributed by atoms with Gasteiger partial charge >= 0.3 is 5.97 Å². The number of carbonyl (C=O) groups is 1. The van der Waals surface area contributed by atoms with Crippen molar-refractivity contribution in [3.05, 3.63) is 39.4 Å². The van der Waals surface area contributed by atoms with Gasteiger partial charge in [0.1, 0.15) is 10.7 Å². The number of aromatic nitrogens is 2. The fraction of sp³-hybridized carbons (Fsp3) is 0.182. The molecule has 2 aromatic heterocycles. The topological polar surface area (TPSA) is 72.2 Å². The van der Waals surface area contributed by atoms with Crippen molar-refractivity contribution in [2.75, 3.05) is 0 Å². The molecular formula is C11H9ClN2O3. The maximum absolute atomic E-state index is 11.9. The van der Waals surface area contributed by atoms with Gasteiger partial charge < -0.3 is 9.67 Å². The lowest BCUT2D eigenvalue weighted by atomic mass is 10.2. The van der Waals surface area contributed by atoms with Crippen LogP contribution in [0.25, 0.3) is 10.9 Å². The van der Waals surface area contributed by atoms with Crippen LogP contribution < -0.4 is 5.43 Å². The summed E-state index contributed by atoms with van der Waals surface area (Å²) < 4.78 is 1.66. The number of nitrogens with zero attached hydrogens (tertiary/aromatic N) is 2. The number of carboxylic acid groups (broad SMARTS) is 1. The van der Waals surface area contributed by atoms with Crippen LogP contribution in [0.5, 0.6) is 0 Å². The van der Waals surface area contributed by atoms with Gasteiger partial charge in [0.25, 0.3) is 0 Å². The van der Waals surface area contributed by atoms with Crippen molar-refractivity contribution in [2.24, 2.45) is 0 Å². The fourth-order valence-electron chi connectivity index (χ4n) is 1.68. The van der Waals surface area contributed by atoms with Crippen LogP contribution in [0.4, 0.5) is 0 Å². The van der Waals surface area contributed by atoms with Gasteiger partial charge in [-0.05, 0) is 13.0 Å². The predicted octanol–water partition coefficient (Wildman–Crippen LogP) is 1.77. The van der Waals surface area contributed by atoms with Crippen molar-refractivity contribution in [2.45, 2.75) is 13.5 Å². The average Bonchev–Trinajstić information content (AvgIpc) is 2.29. The first-order chi connectivity index (χ1) is 8.04. The van der Waals surface area contributed by atoms with E-state index in [1.807, 2.05) is 6.92 Å². The summed E-state index contributed by atoms with van der Waals surface area (Å²) in [4.78, 5) is 26.8. The van der Waals surface area contributed by atoms with Gasteiger partial charge in [0, 0.05) is 12.7 Å². The molecule has 0 unspecified atom stereocenters. The lowest BCUT2D eigenvalue weighted by Crippen LogP contribution is -2.18. The van der Waals surface area contributed by atoms with Gasteiger partial charge in [0.2, 0.25) is 5.43 Å². The second-order valence-electron chi connectivity index (χ2n) is 3.49. The second kappa shape index (κ2) is 4.18. The summed E-state index contributed by atoms with van der Waals surface area (Å²) in [6.07, 6.45) is 2.79. The first-order valence-corrected chi connectivity index (χ1v) is 5.34. The van der Waals surface area contributed by atoms with Gasteiger partial charge in [-0.1, -0.05) is 11.6 Å². The zero-order valence-corrected chi connectivity index (χ0v) is 9.73. The molecule has 6 heteroatoms. The van der Waals surface area contributed by atoms with Gasteiger partial charge in [0.05, 0.1) is 17.1 Å². The molecule has 2 heterocycles. The van der Waals surface area contributed by atoms with E-state index in [1.54, 1.807) is 4.57 Å². The van der Waals surface area contributed by atoms with E-state index in [4.69, 9.17) is 16.7 Å². The van der Waals surface area contributed by atoms with Crippen LogP contribution in [0.15, 0.2) is 23.3 Å². The molecule has 0 aliphatic rings.